The van der Waals surface area contributed by atoms with E-state index in [-0.39, 0.29) is 23.4 Å². The Hall–Kier alpha value is -2.18. The fourth-order valence-corrected chi connectivity index (χ4v) is 4.17. The predicted octanol–water partition coefficient (Wildman–Crippen LogP) is 3.00. The average molecular weight is 372 g/mol. The Bertz CT molecular complexity index is 891. The minimum Gasteiger partial charge on any atom is -0.349 e. The fraction of sp³-hybridized carbons (Fsp3) is 0.350. The standard InChI is InChI=1S/C20H24N2O3S/c1-14-8-9-18(20(23)22-15(2)17-10-11-17)12-19(14)26(24,25)21-13-16-6-4-3-5-7-16/h3-9,12,15,17,21H,10-11,13H2,1-2H3,(H,22,23)/t15-/m1/s1. The number of hydrogen-bond donors (Lipinski definition) is 2. The molecule has 1 aliphatic carbocycles. The molecule has 1 aliphatic rings. The van der Waals surface area contributed by atoms with Crippen LogP contribution < -0.4 is 10.0 Å². The van der Waals surface area contributed by atoms with E-state index >= 15 is 0 Å². The van der Waals surface area contributed by atoms with Crippen LogP contribution in [0.25, 0.3) is 0 Å². The Balaban J connectivity index is 1.76. The number of nitrogens with one attached hydrogen (secondary N) is 2. The molecule has 5 nitrogen and oxygen atoms in total. The first kappa shape index (κ1) is 18.6. The second kappa shape index (κ2) is 7.60. The van der Waals surface area contributed by atoms with Crippen LogP contribution in [0, 0.1) is 12.8 Å². The van der Waals surface area contributed by atoms with Gasteiger partial charge in [0.25, 0.3) is 5.91 Å². The summed E-state index contributed by atoms with van der Waals surface area (Å²) in [6.45, 7) is 3.92. The topological polar surface area (TPSA) is 75.3 Å². The minimum absolute atomic E-state index is 0.111. The van der Waals surface area contributed by atoms with E-state index in [0.29, 0.717) is 17.0 Å². The van der Waals surface area contributed by atoms with Gasteiger partial charge in [-0.1, -0.05) is 36.4 Å². The first-order chi connectivity index (χ1) is 12.4. The zero-order valence-electron chi connectivity index (χ0n) is 15.0. The molecule has 6 heteroatoms. The Kier molecular flexibility index (Phi) is 5.44. The van der Waals surface area contributed by atoms with Crippen molar-refractivity contribution in [2.45, 2.75) is 44.2 Å². The summed E-state index contributed by atoms with van der Waals surface area (Å²) in [4.78, 5) is 12.6. The molecule has 0 heterocycles. The molecule has 1 saturated carbocycles. The summed E-state index contributed by atoms with van der Waals surface area (Å²) < 4.78 is 28.0. The fourth-order valence-electron chi connectivity index (χ4n) is 2.89. The number of benzene rings is 2. The molecule has 0 saturated heterocycles. The highest BCUT2D eigenvalue weighted by Gasteiger charge is 2.29. The molecule has 1 atom stereocenters. The average Bonchev–Trinajstić information content (AvgIpc) is 3.46. The van der Waals surface area contributed by atoms with E-state index in [2.05, 4.69) is 10.0 Å². The molecule has 2 aromatic rings. The van der Waals surface area contributed by atoms with Crippen molar-refractivity contribution in [2.24, 2.45) is 5.92 Å². The van der Waals surface area contributed by atoms with Crippen molar-refractivity contribution >= 4 is 15.9 Å². The molecule has 0 aliphatic heterocycles. The third kappa shape index (κ3) is 4.51. The number of aryl methyl sites for hydroxylation is 1. The number of sulfonamides is 1. The number of hydrogen-bond acceptors (Lipinski definition) is 3. The third-order valence-corrected chi connectivity index (χ3v) is 6.28. The van der Waals surface area contributed by atoms with Crippen molar-refractivity contribution in [3.63, 3.8) is 0 Å². The number of carbonyl (C=O) groups is 1. The van der Waals surface area contributed by atoms with Gasteiger partial charge < -0.3 is 5.32 Å². The first-order valence-corrected chi connectivity index (χ1v) is 10.3. The molecular weight excluding hydrogens is 348 g/mol. The van der Waals surface area contributed by atoms with Gasteiger partial charge in [-0.15, -0.1) is 0 Å². The van der Waals surface area contributed by atoms with Crippen molar-refractivity contribution in [3.05, 3.63) is 65.2 Å². The van der Waals surface area contributed by atoms with Gasteiger partial charge in [-0.05, 0) is 55.9 Å². The lowest BCUT2D eigenvalue weighted by Crippen LogP contribution is -2.34. The lowest BCUT2D eigenvalue weighted by atomic mass is 10.1. The van der Waals surface area contributed by atoms with E-state index < -0.39 is 10.0 Å². The monoisotopic (exact) mass is 372 g/mol. The molecule has 0 unspecified atom stereocenters. The van der Waals surface area contributed by atoms with Crippen LogP contribution >= 0.6 is 0 Å². The van der Waals surface area contributed by atoms with E-state index in [9.17, 15) is 13.2 Å². The molecule has 0 radical (unpaired) electrons. The number of carbonyl (C=O) groups excluding carboxylic acids is 1. The van der Waals surface area contributed by atoms with Crippen molar-refractivity contribution < 1.29 is 13.2 Å². The molecule has 26 heavy (non-hydrogen) atoms. The maximum Gasteiger partial charge on any atom is 0.251 e. The van der Waals surface area contributed by atoms with Crippen LogP contribution in [0.5, 0.6) is 0 Å². The van der Waals surface area contributed by atoms with E-state index in [4.69, 9.17) is 0 Å². The van der Waals surface area contributed by atoms with Gasteiger partial charge in [-0.2, -0.15) is 0 Å². The van der Waals surface area contributed by atoms with Crippen molar-refractivity contribution in [1.82, 2.24) is 10.0 Å². The summed E-state index contributed by atoms with van der Waals surface area (Å²) in [6.07, 6.45) is 2.27. The van der Waals surface area contributed by atoms with E-state index in [0.717, 1.165) is 18.4 Å². The normalized spacial score (nSPS) is 15.5. The van der Waals surface area contributed by atoms with Crippen LogP contribution in [0.4, 0.5) is 0 Å². The van der Waals surface area contributed by atoms with Gasteiger partial charge in [-0.3, -0.25) is 4.79 Å². The Morgan fingerprint density at radius 2 is 1.85 bits per heavy atom. The van der Waals surface area contributed by atoms with Crippen LogP contribution in [-0.4, -0.2) is 20.4 Å². The number of amides is 1. The molecule has 0 bridgehead atoms. The second-order valence-electron chi connectivity index (χ2n) is 6.89. The second-order valence-corrected chi connectivity index (χ2v) is 8.63. The molecule has 138 valence electrons. The van der Waals surface area contributed by atoms with Crippen molar-refractivity contribution in [2.75, 3.05) is 0 Å². The highest BCUT2D eigenvalue weighted by molar-refractivity contribution is 7.89. The Morgan fingerprint density at radius 3 is 2.50 bits per heavy atom. The molecule has 2 aromatic carbocycles. The molecular formula is C20H24N2O3S. The van der Waals surface area contributed by atoms with Crippen LogP contribution in [0.3, 0.4) is 0 Å². The molecule has 1 fully saturated rings. The van der Waals surface area contributed by atoms with Crippen LogP contribution in [-0.2, 0) is 16.6 Å². The summed E-state index contributed by atoms with van der Waals surface area (Å²) in [6, 6.07) is 14.2. The molecule has 3 rings (SSSR count). The molecule has 0 spiro atoms. The van der Waals surface area contributed by atoms with Crippen molar-refractivity contribution in [1.29, 1.82) is 0 Å². The summed E-state index contributed by atoms with van der Waals surface area (Å²) in [5, 5.41) is 2.96. The zero-order valence-corrected chi connectivity index (χ0v) is 15.8. The number of rotatable bonds is 7. The Morgan fingerprint density at radius 1 is 1.15 bits per heavy atom. The van der Waals surface area contributed by atoms with Gasteiger partial charge >= 0.3 is 0 Å². The van der Waals surface area contributed by atoms with Gasteiger partial charge in [0, 0.05) is 18.2 Å². The quantitative estimate of drug-likeness (QED) is 0.784. The lowest BCUT2D eigenvalue weighted by Gasteiger charge is -2.14. The third-order valence-electron chi connectivity index (χ3n) is 4.74. The SMILES string of the molecule is Cc1ccc(C(=O)N[C@H](C)C2CC2)cc1S(=O)(=O)NCc1ccccc1. The maximum absolute atomic E-state index is 12.7. The van der Waals surface area contributed by atoms with Crippen LogP contribution in [0.15, 0.2) is 53.4 Å². The van der Waals surface area contributed by atoms with Gasteiger partial charge in [0.05, 0.1) is 4.90 Å². The van der Waals surface area contributed by atoms with Crippen LogP contribution in [0.2, 0.25) is 0 Å². The summed E-state index contributed by atoms with van der Waals surface area (Å²) in [5.74, 6) is 0.309. The maximum atomic E-state index is 12.7. The molecule has 2 N–H and O–H groups in total. The molecule has 1 amide bonds. The predicted molar refractivity (Wildman–Crippen MR) is 101 cm³/mol. The lowest BCUT2D eigenvalue weighted by molar-refractivity contribution is 0.0935. The molecule has 0 aromatic heterocycles. The smallest absolute Gasteiger partial charge is 0.251 e. The van der Waals surface area contributed by atoms with E-state index in [1.54, 1.807) is 19.1 Å². The zero-order chi connectivity index (χ0) is 18.7. The van der Waals surface area contributed by atoms with Crippen molar-refractivity contribution in [3.8, 4) is 0 Å². The highest BCUT2D eigenvalue weighted by Crippen LogP contribution is 2.32. The van der Waals surface area contributed by atoms with E-state index in [1.165, 1.54) is 6.07 Å². The summed E-state index contributed by atoms with van der Waals surface area (Å²) in [7, 11) is -3.71. The van der Waals surface area contributed by atoms with Gasteiger partial charge in [0.2, 0.25) is 10.0 Å². The summed E-state index contributed by atoms with van der Waals surface area (Å²) in [5.41, 5.74) is 1.85. The largest absolute Gasteiger partial charge is 0.349 e. The minimum atomic E-state index is -3.71. The highest BCUT2D eigenvalue weighted by atomic mass is 32.2. The van der Waals surface area contributed by atoms with Gasteiger partial charge in [-0.25, -0.2) is 13.1 Å². The van der Waals surface area contributed by atoms with Gasteiger partial charge in [0.1, 0.15) is 0 Å². The van der Waals surface area contributed by atoms with Gasteiger partial charge in [0.15, 0.2) is 0 Å². The van der Waals surface area contributed by atoms with Crippen LogP contribution in [0.1, 0.15) is 41.3 Å². The summed E-state index contributed by atoms with van der Waals surface area (Å²) >= 11 is 0. The van der Waals surface area contributed by atoms with E-state index in [1.807, 2.05) is 37.3 Å². The Labute approximate surface area is 154 Å². The first-order valence-electron chi connectivity index (χ1n) is 8.82.